The van der Waals surface area contributed by atoms with Gasteiger partial charge in [-0.2, -0.15) is 0 Å². The maximum absolute atomic E-state index is 12.1. The van der Waals surface area contributed by atoms with E-state index >= 15 is 0 Å². The number of hydrogen-bond acceptors (Lipinski definition) is 5. The third kappa shape index (κ3) is 5.05. The van der Waals surface area contributed by atoms with Crippen LogP contribution in [0.3, 0.4) is 0 Å². The second-order valence-electron chi connectivity index (χ2n) is 7.32. The van der Waals surface area contributed by atoms with Gasteiger partial charge >= 0.3 is 0 Å². The minimum atomic E-state index is -0.768. The topological polar surface area (TPSA) is 101 Å². The van der Waals surface area contributed by atoms with Gasteiger partial charge < -0.3 is 20.6 Å². The van der Waals surface area contributed by atoms with Gasteiger partial charge in [0.15, 0.2) is 5.58 Å². The van der Waals surface area contributed by atoms with Crippen molar-refractivity contribution in [1.82, 2.24) is 10.3 Å². The summed E-state index contributed by atoms with van der Waals surface area (Å²) in [5, 5.41) is 13.1. The van der Waals surface area contributed by atoms with Gasteiger partial charge in [0.05, 0.1) is 6.04 Å². The molecule has 6 nitrogen and oxygen atoms in total. The molecule has 2 unspecified atom stereocenters. The van der Waals surface area contributed by atoms with Crippen LogP contribution in [0.15, 0.2) is 28.7 Å². The maximum atomic E-state index is 12.1. The van der Waals surface area contributed by atoms with Crippen LogP contribution in [-0.2, 0) is 4.79 Å². The van der Waals surface area contributed by atoms with E-state index in [1.807, 2.05) is 24.3 Å². The number of carbonyl (C=O) groups excluding carboxylic acids is 1. The van der Waals surface area contributed by atoms with E-state index in [9.17, 15) is 9.90 Å². The Kier molecular flexibility index (Phi) is 6.63. The molecule has 0 bridgehead atoms. The van der Waals surface area contributed by atoms with Crippen LogP contribution in [0.4, 0.5) is 0 Å². The molecule has 0 radical (unpaired) electrons. The molecule has 1 heterocycles. The molecule has 2 aromatic rings. The standard InChI is InChI=1S/C20H29N3O3/c21-15(13-14-7-2-1-3-8-14)19(25)22-12-6-10-17(24)20-23-16-9-4-5-11-18(16)26-20/h4-5,9,11,14-15,17,24H,1-3,6-8,10,12-13,21H2,(H,22,25). The third-order valence-corrected chi connectivity index (χ3v) is 5.20. The van der Waals surface area contributed by atoms with Gasteiger partial charge in [-0.3, -0.25) is 4.79 Å². The zero-order chi connectivity index (χ0) is 18.4. The first-order valence-corrected chi connectivity index (χ1v) is 9.70. The van der Waals surface area contributed by atoms with Crippen LogP contribution >= 0.6 is 0 Å². The number of rotatable bonds is 8. The summed E-state index contributed by atoms with van der Waals surface area (Å²) in [5.74, 6) is 0.823. The van der Waals surface area contributed by atoms with E-state index in [0.29, 0.717) is 36.8 Å². The Morgan fingerprint density at radius 1 is 1.31 bits per heavy atom. The Morgan fingerprint density at radius 3 is 2.85 bits per heavy atom. The molecule has 1 saturated carbocycles. The molecule has 1 aliphatic carbocycles. The van der Waals surface area contributed by atoms with Gasteiger partial charge in [-0.15, -0.1) is 0 Å². The molecule has 0 spiro atoms. The highest BCUT2D eigenvalue weighted by Gasteiger charge is 2.21. The predicted octanol–water partition coefficient (Wildman–Crippen LogP) is 3.06. The van der Waals surface area contributed by atoms with E-state index < -0.39 is 12.1 Å². The van der Waals surface area contributed by atoms with E-state index in [4.69, 9.17) is 10.2 Å². The Balaban J connectivity index is 1.36. The van der Waals surface area contributed by atoms with Gasteiger partial charge in [-0.25, -0.2) is 4.98 Å². The zero-order valence-corrected chi connectivity index (χ0v) is 15.2. The fourth-order valence-corrected chi connectivity index (χ4v) is 3.68. The van der Waals surface area contributed by atoms with Crippen LogP contribution in [0.2, 0.25) is 0 Å². The van der Waals surface area contributed by atoms with Crippen LogP contribution < -0.4 is 11.1 Å². The lowest BCUT2D eigenvalue weighted by atomic mass is 9.85. The van der Waals surface area contributed by atoms with Crippen LogP contribution in [0, 0.1) is 5.92 Å². The fourth-order valence-electron chi connectivity index (χ4n) is 3.68. The summed E-state index contributed by atoms with van der Waals surface area (Å²) in [6, 6.07) is 7.00. The molecule has 1 aliphatic rings. The number of hydrogen-bond donors (Lipinski definition) is 3. The number of carbonyl (C=O) groups is 1. The lowest BCUT2D eigenvalue weighted by molar-refractivity contribution is -0.122. The number of benzene rings is 1. The Morgan fingerprint density at radius 2 is 2.08 bits per heavy atom. The molecule has 142 valence electrons. The summed E-state index contributed by atoms with van der Waals surface area (Å²) in [5.41, 5.74) is 7.45. The number of oxazole rings is 1. The van der Waals surface area contributed by atoms with Crippen LogP contribution in [-0.4, -0.2) is 28.6 Å². The molecule has 1 amide bonds. The monoisotopic (exact) mass is 359 g/mol. The highest BCUT2D eigenvalue weighted by molar-refractivity contribution is 5.81. The molecule has 3 rings (SSSR count). The second kappa shape index (κ2) is 9.14. The van der Waals surface area contributed by atoms with Gasteiger partial charge in [0, 0.05) is 6.54 Å². The number of aliphatic hydroxyl groups is 1. The Hall–Kier alpha value is -1.92. The van der Waals surface area contributed by atoms with Crippen molar-refractivity contribution in [1.29, 1.82) is 0 Å². The van der Waals surface area contributed by atoms with Gasteiger partial charge in [0.1, 0.15) is 11.6 Å². The highest BCUT2D eigenvalue weighted by atomic mass is 16.4. The summed E-state index contributed by atoms with van der Waals surface area (Å²) in [4.78, 5) is 16.4. The second-order valence-corrected chi connectivity index (χ2v) is 7.32. The minimum absolute atomic E-state index is 0.0908. The minimum Gasteiger partial charge on any atom is -0.438 e. The van der Waals surface area contributed by atoms with E-state index in [1.165, 1.54) is 32.1 Å². The highest BCUT2D eigenvalue weighted by Crippen LogP contribution is 2.27. The van der Waals surface area contributed by atoms with Gasteiger partial charge in [0.25, 0.3) is 0 Å². The van der Waals surface area contributed by atoms with E-state index in [-0.39, 0.29) is 5.91 Å². The van der Waals surface area contributed by atoms with Gasteiger partial charge in [-0.1, -0.05) is 44.2 Å². The van der Waals surface area contributed by atoms with E-state index in [2.05, 4.69) is 10.3 Å². The average Bonchev–Trinajstić information content (AvgIpc) is 3.10. The number of nitrogens with two attached hydrogens (primary N) is 1. The smallest absolute Gasteiger partial charge is 0.236 e. The Bertz CT molecular complexity index is 676. The number of aromatic nitrogens is 1. The van der Waals surface area contributed by atoms with Crippen LogP contribution in [0.1, 0.15) is 63.4 Å². The summed E-state index contributed by atoms with van der Waals surface area (Å²) in [7, 11) is 0. The molecule has 0 saturated heterocycles. The number of nitrogens with zero attached hydrogens (tertiary/aromatic N) is 1. The van der Waals surface area contributed by atoms with E-state index in [0.717, 1.165) is 11.9 Å². The van der Waals surface area contributed by atoms with Crippen molar-refractivity contribution < 1.29 is 14.3 Å². The summed E-state index contributed by atoms with van der Waals surface area (Å²) in [6.45, 7) is 0.495. The normalized spacial score (nSPS) is 17.9. The van der Waals surface area contributed by atoms with Crippen molar-refractivity contribution in [2.75, 3.05) is 6.54 Å². The van der Waals surface area contributed by atoms with Gasteiger partial charge in [0.2, 0.25) is 11.8 Å². The summed E-state index contributed by atoms with van der Waals surface area (Å²) >= 11 is 0. The van der Waals surface area contributed by atoms with Crippen LogP contribution in [0.25, 0.3) is 11.1 Å². The fraction of sp³-hybridized carbons (Fsp3) is 0.600. The predicted molar refractivity (Wildman–Crippen MR) is 100 cm³/mol. The number of aliphatic hydroxyl groups excluding tert-OH is 1. The summed E-state index contributed by atoms with van der Waals surface area (Å²) in [6.07, 6.45) is 7.33. The first kappa shape index (κ1) is 18.9. The van der Waals surface area contributed by atoms with Crippen molar-refractivity contribution in [3.05, 3.63) is 30.2 Å². The van der Waals surface area contributed by atoms with Crippen molar-refractivity contribution >= 4 is 17.0 Å². The molecule has 1 aromatic heterocycles. The van der Waals surface area contributed by atoms with Crippen molar-refractivity contribution in [2.45, 2.75) is 63.5 Å². The largest absolute Gasteiger partial charge is 0.438 e. The number of nitrogens with one attached hydrogen (secondary N) is 1. The first-order chi connectivity index (χ1) is 12.6. The quantitative estimate of drug-likeness (QED) is 0.629. The van der Waals surface area contributed by atoms with Crippen molar-refractivity contribution in [3.8, 4) is 0 Å². The molecule has 1 fully saturated rings. The molecule has 4 N–H and O–H groups in total. The molecule has 26 heavy (non-hydrogen) atoms. The lowest BCUT2D eigenvalue weighted by Crippen LogP contribution is -2.42. The first-order valence-electron chi connectivity index (χ1n) is 9.70. The number of para-hydroxylation sites is 2. The third-order valence-electron chi connectivity index (χ3n) is 5.20. The molecule has 6 heteroatoms. The van der Waals surface area contributed by atoms with Crippen LogP contribution in [0.5, 0.6) is 0 Å². The van der Waals surface area contributed by atoms with E-state index in [1.54, 1.807) is 0 Å². The molecule has 0 aliphatic heterocycles. The summed E-state index contributed by atoms with van der Waals surface area (Å²) < 4.78 is 5.56. The zero-order valence-electron chi connectivity index (χ0n) is 15.2. The molecule has 2 atom stereocenters. The molecular formula is C20H29N3O3. The SMILES string of the molecule is NC(CC1CCCCC1)C(=O)NCCCC(O)c1nc2ccccc2o1. The number of amides is 1. The molecule has 1 aromatic carbocycles. The lowest BCUT2D eigenvalue weighted by Gasteiger charge is -2.24. The van der Waals surface area contributed by atoms with Crippen molar-refractivity contribution in [3.63, 3.8) is 0 Å². The van der Waals surface area contributed by atoms with Crippen molar-refractivity contribution in [2.24, 2.45) is 11.7 Å². The Labute approximate surface area is 154 Å². The maximum Gasteiger partial charge on any atom is 0.236 e. The number of fused-ring (bicyclic) bond motifs is 1. The van der Waals surface area contributed by atoms with Gasteiger partial charge in [-0.05, 0) is 37.3 Å². The molecular weight excluding hydrogens is 330 g/mol. The average molecular weight is 359 g/mol.